The number of aromatic nitrogens is 1. The first-order chi connectivity index (χ1) is 7.54. The summed E-state index contributed by atoms with van der Waals surface area (Å²) >= 11 is 0. The lowest BCUT2D eigenvalue weighted by Gasteiger charge is -2.01. The normalized spacial score (nSPS) is 12.8. The molecule has 0 aromatic carbocycles. The second-order valence-electron chi connectivity index (χ2n) is 4.17. The van der Waals surface area contributed by atoms with Gasteiger partial charge < -0.3 is 0 Å². The van der Waals surface area contributed by atoms with Crippen LogP contribution in [0.5, 0.6) is 0 Å². The van der Waals surface area contributed by atoms with Crippen molar-refractivity contribution in [3.63, 3.8) is 0 Å². The summed E-state index contributed by atoms with van der Waals surface area (Å²) in [6, 6.07) is 4.32. The van der Waals surface area contributed by atoms with Gasteiger partial charge in [0.15, 0.2) is 6.20 Å². The van der Waals surface area contributed by atoms with E-state index < -0.39 is 0 Å². The Morgan fingerprint density at radius 2 is 2.06 bits per heavy atom. The molecule has 1 heteroatoms. The van der Waals surface area contributed by atoms with E-state index in [2.05, 4.69) is 63.4 Å². The van der Waals surface area contributed by atoms with Crippen molar-refractivity contribution in [3.05, 3.63) is 60.0 Å². The van der Waals surface area contributed by atoms with Gasteiger partial charge in [0.25, 0.3) is 0 Å². The van der Waals surface area contributed by atoms with E-state index in [1.54, 1.807) is 0 Å². The zero-order valence-electron chi connectivity index (χ0n) is 10.6. The Balaban J connectivity index is 3.13. The Bertz CT molecular complexity index is 451. The van der Waals surface area contributed by atoms with Crippen LogP contribution >= 0.6 is 0 Å². The maximum absolute atomic E-state index is 3.70. The number of hydrogen-bond acceptors (Lipinski definition) is 0. The van der Waals surface area contributed by atoms with Crippen LogP contribution < -0.4 is 4.57 Å². The fourth-order valence-electron chi connectivity index (χ4n) is 1.72. The van der Waals surface area contributed by atoms with Crippen molar-refractivity contribution in [2.75, 3.05) is 0 Å². The third-order valence-electron chi connectivity index (χ3n) is 2.53. The van der Waals surface area contributed by atoms with Gasteiger partial charge in [-0.3, -0.25) is 0 Å². The highest BCUT2D eigenvalue weighted by Gasteiger charge is 2.08. The number of rotatable bonds is 3. The van der Waals surface area contributed by atoms with E-state index in [1.807, 2.05) is 12.2 Å². The summed E-state index contributed by atoms with van der Waals surface area (Å²) in [6.07, 6.45) is 8.10. The van der Waals surface area contributed by atoms with Crippen LogP contribution in [-0.4, -0.2) is 0 Å². The van der Waals surface area contributed by atoms with Crippen LogP contribution in [0.1, 0.15) is 25.1 Å². The van der Waals surface area contributed by atoms with Crippen LogP contribution in [0, 0.1) is 6.92 Å². The molecule has 1 heterocycles. The maximum atomic E-state index is 3.70. The number of nitrogens with zero attached hydrogens (tertiary/aromatic N) is 1. The van der Waals surface area contributed by atoms with Crippen molar-refractivity contribution in [1.29, 1.82) is 0 Å². The topological polar surface area (TPSA) is 3.88 Å². The van der Waals surface area contributed by atoms with Gasteiger partial charge in [-0.25, -0.2) is 4.57 Å². The molecule has 1 aromatic heterocycles. The number of hydrogen-bond donors (Lipinski definition) is 0. The van der Waals surface area contributed by atoms with Crippen molar-refractivity contribution < 1.29 is 4.57 Å². The summed E-state index contributed by atoms with van der Waals surface area (Å²) in [4.78, 5) is 0. The zero-order valence-corrected chi connectivity index (χ0v) is 10.6. The maximum Gasteiger partial charge on any atom is 0.208 e. The summed E-state index contributed by atoms with van der Waals surface area (Å²) in [6.45, 7) is 10.0. The predicted octanol–water partition coefficient (Wildman–Crippen LogP) is 3.36. The molecule has 1 rings (SSSR count). The smallest absolute Gasteiger partial charge is 0.201 e. The van der Waals surface area contributed by atoms with Gasteiger partial charge in [-0.1, -0.05) is 24.3 Å². The highest BCUT2D eigenvalue weighted by atomic mass is 14.9. The van der Waals surface area contributed by atoms with E-state index in [1.165, 1.54) is 22.4 Å². The van der Waals surface area contributed by atoms with Gasteiger partial charge in [0.2, 0.25) is 5.69 Å². The standard InChI is InChI=1S/C15H20N/c1-6-7-12(2)10-14(4)15-11-13(3)8-9-16(15)5/h6-11H,1H2,2-5H3/q+1/b12-7-,14-10+. The minimum atomic E-state index is 1.22. The van der Waals surface area contributed by atoms with E-state index in [4.69, 9.17) is 0 Å². The van der Waals surface area contributed by atoms with Gasteiger partial charge >= 0.3 is 0 Å². The molecule has 0 N–H and O–H groups in total. The molecular weight excluding hydrogens is 194 g/mol. The molecule has 0 atom stereocenters. The Kier molecular flexibility index (Phi) is 4.24. The third kappa shape index (κ3) is 3.20. The molecule has 1 aromatic rings. The molecule has 0 aliphatic carbocycles. The summed E-state index contributed by atoms with van der Waals surface area (Å²) in [5, 5.41) is 0. The molecule has 1 nitrogen and oxygen atoms in total. The highest BCUT2D eigenvalue weighted by molar-refractivity contribution is 5.62. The van der Waals surface area contributed by atoms with Gasteiger partial charge in [0.1, 0.15) is 7.05 Å². The number of pyridine rings is 1. The molecule has 0 bridgehead atoms. The molecule has 84 valence electrons. The molecule has 0 spiro atoms. The van der Waals surface area contributed by atoms with E-state index in [0.29, 0.717) is 0 Å². The summed E-state index contributed by atoms with van der Waals surface area (Å²) < 4.78 is 2.14. The fraction of sp³-hybridized carbons (Fsp3) is 0.267. The second-order valence-corrected chi connectivity index (χ2v) is 4.17. The molecule has 0 radical (unpaired) electrons. The van der Waals surface area contributed by atoms with E-state index in [0.717, 1.165) is 0 Å². The first-order valence-corrected chi connectivity index (χ1v) is 5.49. The minimum absolute atomic E-state index is 1.22. The van der Waals surface area contributed by atoms with Gasteiger partial charge in [-0.15, -0.1) is 0 Å². The third-order valence-corrected chi connectivity index (χ3v) is 2.53. The lowest BCUT2D eigenvalue weighted by Crippen LogP contribution is -2.32. The summed E-state index contributed by atoms with van der Waals surface area (Å²) in [7, 11) is 2.07. The SMILES string of the molecule is C=C/C=C(C)\C=C(/C)c1cc(C)cc[n+]1C. The van der Waals surface area contributed by atoms with Crippen molar-refractivity contribution in [3.8, 4) is 0 Å². The molecule has 0 unspecified atom stereocenters. The number of aryl methyl sites for hydroxylation is 2. The highest BCUT2D eigenvalue weighted by Crippen LogP contribution is 2.13. The Labute approximate surface area is 98.4 Å². The molecule has 16 heavy (non-hydrogen) atoms. The van der Waals surface area contributed by atoms with Gasteiger partial charge in [-0.05, 0) is 32.4 Å². The lowest BCUT2D eigenvalue weighted by atomic mass is 10.1. The monoisotopic (exact) mass is 214 g/mol. The quantitative estimate of drug-likeness (QED) is 0.536. The molecule has 0 aliphatic heterocycles. The fourth-order valence-corrected chi connectivity index (χ4v) is 1.72. The summed E-state index contributed by atoms with van der Waals surface area (Å²) in [5.74, 6) is 0. The molecular formula is C15H20N+. The summed E-state index contributed by atoms with van der Waals surface area (Å²) in [5.41, 5.74) is 5.01. The van der Waals surface area contributed by atoms with Crippen LogP contribution in [0.2, 0.25) is 0 Å². The first kappa shape index (κ1) is 12.4. The average Bonchev–Trinajstić information content (AvgIpc) is 2.21. The van der Waals surface area contributed by atoms with Crippen LogP contribution in [0.3, 0.4) is 0 Å². The lowest BCUT2D eigenvalue weighted by molar-refractivity contribution is -0.673. The Morgan fingerprint density at radius 3 is 2.69 bits per heavy atom. The zero-order chi connectivity index (χ0) is 12.1. The average molecular weight is 214 g/mol. The van der Waals surface area contributed by atoms with E-state index >= 15 is 0 Å². The second kappa shape index (κ2) is 5.45. The van der Waals surface area contributed by atoms with Crippen LogP contribution in [0.4, 0.5) is 0 Å². The van der Waals surface area contributed by atoms with E-state index in [-0.39, 0.29) is 0 Å². The largest absolute Gasteiger partial charge is 0.208 e. The molecule has 0 aliphatic rings. The number of allylic oxidation sites excluding steroid dienone is 5. The van der Waals surface area contributed by atoms with Crippen LogP contribution in [0.25, 0.3) is 5.57 Å². The van der Waals surface area contributed by atoms with E-state index in [9.17, 15) is 0 Å². The van der Waals surface area contributed by atoms with Crippen LogP contribution in [0.15, 0.2) is 48.7 Å². The first-order valence-electron chi connectivity index (χ1n) is 5.49. The Morgan fingerprint density at radius 1 is 1.38 bits per heavy atom. The molecule has 0 saturated carbocycles. The van der Waals surface area contributed by atoms with Crippen molar-refractivity contribution in [2.24, 2.45) is 7.05 Å². The molecule has 0 fully saturated rings. The van der Waals surface area contributed by atoms with Crippen LogP contribution in [-0.2, 0) is 7.05 Å². The van der Waals surface area contributed by atoms with Crippen molar-refractivity contribution in [2.45, 2.75) is 20.8 Å². The Hall–Kier alpha value is -1.63. The van der Waals surface area contributed by atoms with Crippen molar-refractivity contribution in [1.82, 2.24) is 0 Å². The van der Waals surface area contributed by atoms with Gasteiger partial charge in [0, 0.05) is 17.7 Å². The molecule has 0 amide bonds. The van der Waals surface area contributed by atoms with Gasteiger partial charge in [-0.2, -0.15) is 0 Å². The molecule has 0 saturated heterocycles. The van der Waals surface area contributed by atoms with Crippen molar-refractivity contribution >= 4 is 5.57 Å². The van der Waals surface area contributed by atoms with Gasteiger partial charge in [0.05, 0.1) is 0 Å². The minimum Gasteiger partial charge on any atom is -0.201 e. The predicted molar refractivity (Wildman–Crippen MR) is 70.0 cm³/mol.